The van der Waals surface area contributed by atoms with Crippen LogP contribution in [0.5, 0.6) is 0 Å². The zero-order valence-corrected chi connectivity index (χ0v) is 7.12. The fraction of sp³-hybridized carbons (Fsp3) is 0.0909. The lowest BCUT2D eigenvalue weighted by atomic mass is 10.1. The van der Waals surface area contributed by atoms with Crippen LogP contribution in [0.25, 0.3) is 11.1 Å². The van der Waals surface area contributed by atoms with Crippen molar-refractivity contribution in [3.8, 4) is 0 Å². The molecule has 2 rings (SSSR count). The Morgan fingerprint density at radius 3 is 2.92 bits per heavy atom. The highest BCUT2D eigenvalue weighted by Crippen LogP contribution is 2.14. The third-order valence-corrected chi connectivity index (χ3v) is 2.02. The predicted octanol–water partition coefficient (Wildman–Crippen LogP) is 2.97. The Kier molecular flexibility index (Phi) is 1.51. The first-order chi connectivity index (χ1) is 5.77. The number of hydrogen-bond donors (Lipinski definition) is 0. The molecule has 1 heteroatoms. The summed E-state index contributed by atoms with van der Waals surface area (Å²) < 4.78 is 2.09. The molecule has 1 nitrogen and oxygen atoms in total. The first-order valence-electron chi connectivity index (χ1n) is 4.00. The van der Waals surface area contributed by atoms with E-state index in [4.69, 9.17) is 0 Å². The molecule has 0 aliphatic rings. The molecule has 0 bridgehead atoms. The van der Waals surface area contributed by atoms with Crippen LogP contribution < -0.4 is 0 Å². The summed E-state index contributed by atoms with van der Waals surface area (Å²) in [6, 6.07) is 8.35. The number of hydrogen-bond acceptors (Lipinski definition) is 0. The van der Waals surface area contributed by atoms with E-state index < -0.39 is 0 Å². The van der Waals surface area contributed by atoms with Gasteiger partial charge in [0.2, 0.25) is 0 Å². The largest absolute Gasteiger partial charge is 0.324 e. The molecular formula is C11H11N. The van der Waals surface area contributed by atoms with Crippen LogP contribution in [0.1, 0.15) is 12.5 Å². The molecule has 0 saturated carbocycles. The topological polar surface area (TPSA) is 4.41 Å². The number of aromatic nitrogens is 1. The Hall–Kier alpha value is -1.50. The molecule has 0 unspecified atom stereocenters. The summed E-state index contributed by atoms with van der Waals surface area (Å²) in [6.07, 6.45) is 4.09. The van der Waals surface area contributed by atoms with E-state index in [1.165, 1.54) is 11.1 Å². The van der Waals surface area contributed by atoms with Crippen LogP contribution in [0, 0.1) is 0 Å². The zero-order chi connectivity index (χ0) is 8.55. The Morgan fingerprint density at radius 2 is 2.17 bits per heavy atom. The van der Waals surface area contributed by atoms with Crippen LogP contribution >= 0.6 is 0 Å². The summed E-state index contributed by atoms with van der Waals surface area (Å²) in [5.41, 5.74) is 3.54. The monoisotopic (exact) mass is 157 g/mol. The Bertz CT molecular complexity index is 423. The zero-order valence-electron chi connectivity index (χ0n) is 7.12. The van der Waals surface area contributed by atoms with E-state index >= 15 is 0 Å². The second-order valence-electron chi connectivity index (χ2n) is 3.04. The summed E-state index contributed by atoms with van der Waals surface area (Å²) in [7, 11) is 0. The number of pyridine rings is 1. The third-order valence-electron chi connectivity index (χ3n) is 2.02. The highest BCUT2D eigenvalue weighted by Gasteiger charge is 1.94. The number of allylic oxidation sites excluding steroid dienone is 1. The van der Waals surface area contributed by atoms with Crippen LogP contribution in [0.2, 0.25) is 0 Å². The molecule has 2 aromatic heterocycles. The van der Waals surface area contributed by atoms with Gasteiger partial charge >= 0.3 is 0 Å². The molecule has 0 spiro atoms. The van der Waals surface area contributed by atoms with Gasteiger partial charge in [-0.25, -0.2) is 0 Å². The molecule has 0 aromatic carbocycles. The van der Waals surface area contributed by atoms with Crippen molar-refractivity contribution in [1.82, 2.24) is 4.40 Å². The van der Waals surface area contributed by atoms with Gasteiger partial charge in [0.15, 0.2) is 0 Å². The molecule has 60 valence electrons. The average molecular weight is 157 g/mol. The van der Waals surface area contributed by atoms with Gasteiger partial charge in [-0.05, 0) is 36.8 Å². The number of nitrogens with zero attached hydrogens (tertiary/aromatic N) is 1. The van der Waals surface area contributed by atoms with Gasteiger partial charge in [-0.15, -0.1) is 0 Å². The Balaban J connectivity index is 2.68. The lowest BCUT2D eigenvalue weighted by Crippen LogP contribution is -1.83. The van der Waals surface area contributed by atoms with Crippen LogP contribution in [-0.2, 0) is 0 Å². The van der Waals surface area contributed by atoms with Crippen LogP contribution in [-0.4, -0.2) is 4.40 Å². The van der Waals surface area contributed by atoms with Crippen LogP contribution in [0.4, 0.5) is 0 Å². The second kappa shape index (κ2) is 2.52. The van der Waals surface area contributed by atoms with Crippen LogP contribution in [0.3, 0.4) is 0 Å². The Morgan fingerprint density at radius 1 is 1.33 bits per heavy atom. The minimum Gasteiger partial charge on any atom is -0.324 e. The molecular weight excluding hydrogens is 146 g/mol. The minimum absolute atomic E-state index is 1.11. The van der Waals surface area contributed by atoms with Crippen molar-refractivity contribution >= 4 is 11.1 Å². The SMILES string of the molecule is C=C(C)c1ccn2cccc2c1. The molecule has 0 amide bonds. The summed E-state index contributed by atoms with van der Waals surface area (Å²) in [4.78, 5) is 0. The van der Waals surface area contributed by atoms with Gasteiger partial charge in [0.25, 0.3) is 0 Å². The normalized spacial score (nSPS) is 10.4. The van der Waals surface area contributed by atoms with Gasteiger partial charge in [0.05, 0.1) is 0 Å². The highest BCUT2D eigenvalue weighted by molar-refractivity contribution is 5.66. The van der Waals surface area contributed by atoms with E-state index in [0.717, 1.165) is 5.57 Å². The fourth-order valence-electron chi connectivity index (χ4n) is 1.30. The van der Waals surface area contributed by atoms with E-state index in [1.54, 1.807) is 0 Å². The molecule has 0 N–H and O–H groups in total. The van der Waals surface area contributed by atoms with E-state index in [-0.39, 0.29) is 0 Å². The number of fused-ring (bicyclic) bond motifs is 1. The van der Waals surface area contributed by atoms with Crippen molar-refractivity contribution in [2.45, 2.75) is 6.92 Å². The summed E-state index contributed by atoms with van der Waals surface area (Å²) in [5, 5.41) is 0. The second-order valence-corrected chi connectivity index (χ2v) is 3.04. The van der Waals surface area contributed by atoms with Gasteiger partial charge < -0.3 is 4.40 Å². The van der Waals surface area contributed by atoms with E-state index in [9.17, 15) is 0 Å². The summed E-state index contributed by atoms with van der Waals surface area (Å²) in [6.45, 7) is 5.93. The maximum Gasteiger partial charge on any atom is 0.0455 e. The average Bonchev–Trinajstić information content (AvgIpc) is 2.49. The predicted molar refractivity (Wildman–Crippen MR) is 52.1 cm³/mol. The lowest BCUT2D eigenvalue weighted by Gasteiger charge is -2.00. The smallest absolute Gasteiger partial charge is 0.0455 e. The first kappa shape index (κ1) is 7.17. The molecule has 0 aliphatic heterocycles. The maximum absolute atomic E-state index is 3.91. The maximum atomic E-state index is 3.91. The quantitative estimate of drug-likeness (QED) is 0.599. The van der Waals surface area contributed by atoms with E-state index in [1.807, 2.05) is 19.2 Å². The molecule has 0 fully saturated rings. The molecule has 0 aliphatic carbocycles. The van der Waals surface area contributed by atoms with Crippen molar-refractivity contribution < 1.29 is 0 Å². The molecule has 0 atom stereocenters. The van der Waals surface area contributed by atoms with Crippen molar-refractivity contribution in [3.05, 3.63) is 48.8 Å². The first-order valence-corrected chi connectivity index (χ1v) is 4.00. The third kappa shape index (κ3) is 1.03. The standard InChI is InChI=1S/C11H11N/c1-9(2)10-5-7-12-6-3-4-11(12)8-10/h3-8H,1H2,2H3. The van der Waals surface area contributed by atoms with Gasteiger partial charge in [0, 0.05) is 17.9 Å². The van der Waals surface area contributed by atoms with Crippen molar-refractivity contribution in [2.24, 2.45) is 0 Å². The summed E-state index contributed by atoms with van der Waals surface area (Å²) >= 11 is 0. The van der Waals surface area contributed by atoms with E-state index in [0.29, 0.717) is 0 Å². The molecule has 2 aromatic rings. The van der Waals surface area contributed by atoms with Crippen molar-refractivity contribution in [2.75, 3.05) is 0 Å². The van der Waals surface area contributed by atoms with Crippen molar-refractivity contribution in [3.63, 3.8) is 0 Å². The fourth-order valence-corrected chi connectivity index (χ4v) is 1.30. The molecule has 0 radical (unpaired) electrons. The van der Waals surface area contributed by atoms with Gasteiger partial charge in [-0.1, -0.05) is 12.2 Å². The summed E-state index contributed by atoms with van der Waals surface area (Å²) in [5.74, 6) is 0. The molecule has 0 saturated heterocycles. The van der Waals surface area contributed by atoms with Crippen molar-refractivity contribution in [1.29, 1.82) is 0 Å². The van der Waals surface area contributed by atoms with Gasteiger partial charge in [-0.2, -0.15) is 0 Å². The van der Waals surface area contributed by atoms with Gasteiger partial charge in [-0.3, -0.25) is 0 Å². The Labute approximate surface area is 72.0 Å². The van der Waals surface area contributed by atoms with E-state index in [2.05, 4.69) is 35.4 Å². The number of rotatable bonds is 1. The van der Waals surface area contributed by atoms with Gasteiger partial charge in [0.1, 0.15) is 0 Å². The molecule has 2 heterocycles. The molecule has 12 heavy (non-hydrogen) atoms. The lowest BCUT2D eigenvalue weighted by molar-refractivity contribution is 1.19. The highest BCUT2D eigenvalue weighted by atomic mass is 14.8. The van der Waals surface area contributed by atoms with Crippen LogP contribution in [0.15, 0.2) is 43.2 Å². The minimum atomic E-state index is 1.11.